The first-order chi connectivity index (χ1) is 13.0. The highest BCUT2D eigenvalue weighted by Crippen LogP contribution is 2.28. The van der Waals surface area contributed by atoms with Gasteiger partial charge in [0.05, 0.1) is 24.0 Å². The number of nitrogens with zero attached hydrogens (tertiary/aromatic N) is 5. The minimum absolute atomic E-state index is 0.0239. The standard InChI is InChI=1S/C18H22N6O2S/c1-27(25,26)22-15-7-9-16(10-8-15)23(18-19-11-4-12-20-18)24-17-6-3-2-5-14(17)13-21-24/h2-6,11-13,15-16,22H,7-10H2,1H3. The molecule has 0 atom stereocenters. The molecular formula is C18H22N6O2S. The topological polar surface area (TPSA) is 93.0 Å². The first-order valence-electron chi connectivity index (χ1n) is 8.98. The van der Waals surface area contributed by atoms with Gasteiger partial charge in [0.1, 0.15) is 0 Å². The van der Waals surface area contributed by atoms with Gasteiger partial charge in [0.15, 0.2) is 0 Å². The van der Waals surface area contributed by atoms with Crippen molar-refractivity contribution in [3.63, 3.8) is 0 Å². The fourth-order valence-electron chi connectivity index (χ4n) is 3.68. The summed E-state index contributed by atoms with van der Waals surface area (Å²) in [6.07, 6.45) is 9.65. The van der Waals surface area contributed by atoms with Crippen LogP contribution in [0.4, 0.5) is 5.95 Å². The van der Waals surface area contributed by atoms with Crippen molar-refractivity contribution in [3.05, 3.63) is 48.9 Å². The molecule has 27 heavy (non-hydrogen) atoms. The van der Waals surface area contributed by atoms with E-state index in [1.807, 2.05) is 40.3 Å². The summed E-state index contributed by atoms with van der Waals surface area (Å²) in [5, 5.41) is 7.65. The van der Waals surface area contributed by atoms with Crippen molar-refractivity contribution in [2.75, 3.05) is 11.3 Å². The normalized spacial score (nSPS) is 20.6. The van der Waals surface area contributed by atoms with Gasteiger partial charge >= 0.3 is 0 Å². The van der Waals surface area contributed by atoms with Crippen LogP contribution in [0.3, 0.4) is 0 Å². The van der Waals surface area contributed by atoms with Gasteiger partial charge in [-0.1, -0.05) is 18.2 Å². The van der Waals surface area contributed by atoms with Gasteiger partial charge in [-0.15, -0.1) is 0 Å². The summed E-state index contributed by atoms with van der Waals surface area (Å²) < 4.78 is 25.7. The number of hydrogen-bond acceptors (Lipinski definition) is 6. The summed E-state index contributed by atoms with van der Waals surface area (Å²) in [4.78, 5) is 10.7. The summed E-state index contributed by atoms with van der Waals surface area (Å²) in [6, 6.07) is 9.91. The van der Waals surface area contributed by atoms with E-state index < -0.39 is 10.0 Å². The van der Waals surface area contributed by atoms with Crippen LogP contribution in [0.15, 0.2) is 48.9 Å². The summed E-state index contributed by atoms with van der Waals surface area (Å²) in [6.45, 7) is 0. The number of fused-ring (bicyclic) bond motifs is 1. The lowest BCUT2D eigenvalue weighted by Gasteiger charge is -2.36. The third-order valence-electron chi connectivity index (χ3n) is 4.84. The number of rotatable bonds is 5. The van der Waals surface area contributed by atoms with E-state index in [1.165, 1.54) is 6.26 Å². The molecule has 1 fully saturated rings. The molecule has 1 N–H and O–H groups in total. The van der Waals surface area contributed by atoms with Gasteiger partial charge in [-0.25, -0.2) is 28.1 Å². The van der Waals surface area contributed by atoms with Crippen LogP contribution in [0.25, 0.3) is 10.9 Å². The minimum Gasteiger partial charge on any atom is -0.228 e. The number of para-hydroxylation sites is 1. The zero-order valence-corrected chi connectivity index (χ0v) is 15.9. The van der Waals surface area contributed by atoms with Crippen molar-refractivity contribution in [1.29, 1.82) is 0 Å². The molecule has 0 spiro atoms. The lowest BCUT2D eigenvalue weighted by molar-refractivity contribution is 0.337. The highest BCUT2D eigenvalue weighted by molar-refractivity contribution is 7.88. The predicted octanol–water partition coefficient (Wildman–Crippen LogP) is 1.96. The van der Waals surface area contributed by atoms with Crippen molar-refractivity contribution in [3.8, 4) is 0 Å². The van der Waals surface area contributed by atoms with Gasteiger partial charge in [-0.3, -0.25) is 0 Å². The summed E-state index contributed by atoms with van der Waals surface area (Å²) in [5.41, 5.74) is 0.987. The largest absolute Gasteiger partial charge is 0.246 e. The first-order valence-corrected chi connectivity index (χ1v) is 10.9. The predicted molar refractivity (Wildman–Crippen MR) is 104 cm³/mol. The van der Waals surface area contributed by atoms with Gasteiger partial charge in [0.25, 0.3) is 0 Å². The fourth-order valence-corrected chi connectivity index (χ4v) is 4.52. The Morgan fingerprint density at radius 1 is 1.07 bits per heavy atom. The maximum atomic E-state index is 11.5. The second-order valence-corrected chi connectivity index (χ2v) is 8.66. The quantitative estimate of drug-likeness (QED) is 0.720. The molecule has 4 rings (SSSR count). The minimum atomic E-state index is -3.19. The van der Waals surface area contributed by atoms with E-state index in [9.17, 15) is 8.42 Å². The third-order valence-corrected chi connectivity index (χ3v) is 5.60. The average molecular weight is 386 g/mol. The highest BCUT2D eigenvalue weighted by Gasteiger charge is 2.30. The fraction of sp³-hybridized carbons (Fsp3) is 0.389. The molecule has 3 aromatic rings. The van der Waals surface area contributed by atoms with E-state index in [0.29, 0.717) is 5.95 Å². The van der Waals surface area contributed by atoms with Crippen LogP contribution in [0, 0.1) is 0 Å². The van der Waals surface area contributed by atoms with E-state index in [4.69, 9.17) is 0 Å². The monoisotopic (exact) mass is 386 g/mol. The van der Waals surface area contributed by atoms with Gasteiger partial charge in [-0.2, -0.15) is 9.89 Å². The molecule has 1 aliphatic carbocycles. The Labute approximate surface area is 158 Å². The molecule has 0 aliphatic heterocycles. The van der Waals surface area contributed by atoms with E-state index >= 15 is 0 Å². The smallest absolute Gasteiger partial charge is 0.228 e. The maximum absolute atomic E-state index is 11.5. The number of benzene rings is 1. The van der Waals surface area contributed by atoms with Crippen LogP contribution >= 0.6 is 0 Å². The van der Waals surface area contributed by atoms with Gasteiger partial charge < -0.3 is 0 Å². The Morgan fingerprint density at radius 3 is 2.48 bits per heavy atom. The van der Waals surface area contributed by atoms with Crippen LogP contribution < -0.4 is 9.73 Å². The Kier molecular flexibility index (Phi) is 4.79. The molecule has 2 heterocycles. The molecule has 0 saturated heterocycles. The van der Waals surface area contributed by atoms with Crippen molar-refractivity contribution in [1.82, 2.24) is 24.6 Å². The Hall–Kier alpha value is -2.52. The number of hydrogen-bond donors (Lipinski definition) is 1. The maximum Gasteiger partial charge on any atom is 0.246 e. The molecule has 1 aromatic carbocycles. The number of anilines is 1. The number of nitrogens with one attached hydrogen (secondary N) is 1. The van der Waals surface area contributed by atoms with Crippen molar-refractivity contribution >= 4 is 26.9 Å². The molecular weight excluding hydrogens is 364 g/mol. The highest BCUT2D eigenvalue weighted by atomic mass is 32.2. The van der Waals surface area contributed by atoms with Crippen LogP contribution in [0.5, 0.6) is 0 Å². The first kappa shape index (κ1) is 17.9. The Balaban J connectivity index is 1.64. The molecule has 1 saturated carbocycles. The SMILES string of the molecule is CS(=O)(=O)NC1CCC(N(c2ncccn2)n2ncc3ccccc32)CC1. The second kappa shape index (κ2) is 7.24. The van der Waals surface area contributed by atoms with Crippen LogP contribution in [0.1, 0.15) is 25.7 Å². The summed E-state index contributed by atoms with van der Waals surface area (Å²) in [7, 11) is -3.19. The van der Waals surface area contributed by atoms with Gasteiger partial charge in [0.2, 0.25) is 16.0 Å². The second-order valence-electron chi connectivity index (χ2n) is 6.88. The van der Waals surface area contributed by atoms with Gasteiger partial charge in [-0.05, 0) is 37.8 Å². The van der Waals surface area contributed by atoms with E-state index in [1.54, 1.807) is 18.5 Å². The Morgan fingerprint density at radius 2 is 1.78 bits per heavy atom. The van der Waals surface area contributed by atoms with Gasteiger partial charge in [0, 0.05) is 23.8 Å². The molecule has 142 valence electrons. The van der Waals surface area contributed by atoms with Crippen LogP contribution in [-0.4, -0.2) is 46.6 Å². The lowest BCUT2D eigenvalue weighted by Crippen LogP contribution is -2.47. The zero-order valence-electron chi connectivity index (χ0n) is 15.1. The Bertz CT molecular complexity index is 1010. The molecule has 0 unspecified atom stereocenters. The lowest BCUT2D eigenvalue weighted by atomic mass is 9.91. The molecule has 0 amide bonds. The van der Waals surface area contributed by atoms with Crippen molar-refractivity contribution < 1.29 is 8.42 Å². The van der Waals surface area contributed by atoms with E-state index in [-0.39, 0.29) is 12.1 Å². The average Bonchev–Trinajstić information content (AvgIpc) is 3.07. The van der Waals surface area contributed by atoms with E-state index in [0.717, 1.165) is 36.6 Å². The van der Waals surface area contributed by atoms with Crippen molar-refractivity contribution in [2.45, 2.75) is 37.8 Å². The molecule has 0 bridgehead atoms. The van der Waals surface area contributed by atoms with E-state index in [2.05, 4.69) is 19.8 Å². The molecule has 2 aromatic heterocycles. The summed E-state index contributed by atoms with van der Waals surface area (Å²) >= 11 is 0. The van der Waals surface area contributed by atoms with Crippen LogP contribution in [-0.2, 0) is 10.0 Å². The third kappa shape index (κ3) is 3.93. The number of sulfonamides is 1. The zero-order chi connectivity index (χ0) is 18.9. The molecule has 0 radical (unpaired) electrons. The molecule has 9 heteroatoms. The van der Waals surface area contributed by atoms with Crippen LogP contribution in [0.2, 0.25) is 0 Å². The van der Waals surface area contributed by atoms with Crippen molar-refractivity contribution in [2.24, 2.45) is 0 Å². The summed E-state index contributed by atoms with van der Waals surface area (Å²) in [5.74, 6) is 0.589. The molecule has 1 aliphatic rings. The number of aromatic nitrogens is 4. The molecule has 8 nitrogen and oxygen atoms in total.